The summed E-state index contributed by atoms with van der Waals surface area (Å²) in [6.07, 6.45) is 1.40. The SMILES string of the molecule is CC(=O)C(NC(=O)CCN(N)/C=N\N)C(C)C. The van der Waals surface area contributed by atoms with Gasteiger partial charge in [0.25, 0.3) is 0 Å². The molecule has 1 atom stereocenters. The first kappa shape index (κ1) is 15.4. The van der Waals surface area contributed by atoms with Gasteiger partial charge in [0, 0.05) is 13.0 Å². The quantitative estimate of drug-likeness (QED) is 0.234. The van der Waals surface area contributed by atoms with Crippen molar-refractivity contribution < 1.29 is 9.59 Å². The van der Waals surface area contributed by atoms with Crippen molar-refractivity contribution in [1.29, 1.82) is 0 Å². The smallest absolute Gasteiger partial charge is 0.222 e. The van der Waals surface area contributed by atoms with Gasteiger partial charge in [-0.15, -0.1) is 0 Å². The minimum atomic E-state index is -0.447. The molecule has 0 aliphatic carbocycles. The van der Waals surface area contributed by atoms with E-state index in [1.165, 1.54) is 18.3 Å². The summed E-state index contributed by atoms with van der Waals surface area (Å²) in [5, 5.41) is 7.09. The van der Waals surface area contributed by atoms with Crippen LogP contribution in [-0.2, 0) is 9.59 Å². The van der Waals surface area contributed by atoms with Crippen LogP contribution in [0, 0.1) is 5.92 Å². The standard InChI is InChI=1S/C10H21N5O2/c1-7(2)10(8(3)16)14-9(17)4-5-15(12)6-13-11/h6-7,10H,4-5,11-12H2,1-3H3,(H,14,17)/b13-6-. The maximum Gasteiger partial charge on any atom is 0.222 e. The van der Waals surface area contributed by atoms with Crippen LogP contribution in [0.2, 0.25) is 0 Å². The molecular formula is C10H21N5O2. The van der Waals surface area contributed by atoms with Gasteiger partial charge < -0.3 is 11.2 Å². The number of carbonyl (C=O) groups is 2. The number of amides is 1. The fourth-order valence-electron chi connectivity index (χ4n) is 1.36. The largest absolute Gasteiger partial charge is 0.346 e. The van der Waals surface area contributed by atoms with E-state index < -0.39 is 6.04 Å². The Morgan fingerprint density at radius 1 is 1.47 bits per heavy atom. The molecule has 0 saturated carbocycles. The number of hydrogen-bond donors (Lipinski definition) is 3. The molecular weight excluding hydrogens is 222 g/mol. The lowest BCUT2D eigenvalue weighted by atomic mass is 10.0. The summed E-state index contributed by atoms with van der Waals surface area (Å²) in [5.41, 5.74) is 0. The molecule has 0 spiro atoms. The van der Waals surface area contributed by atoms with Crippen LogP contribution in [0.3, 0.4) is 0 Å². The van der Waals surface area contributed by atoms with E-state index in [9.17, 15) is 9.59 Å². The number of nitrogens with two attached hydrogens (primary N) is 2. The molecule has 98 valence electrons. The van der Waals surface area contributed by atoms with Crippen LogP contribution in [0.5, 0.6) is 0 Å². The van der Waals surface area contributed by atoms with Gasteiger partial charge in [-0.3, -0.25) is 14.6 Å². The number of hydrazone groups is 1. The van der Waals surface area contributed by atoms with E-state index in [4.69, 9.17) is 11.7 Å². The second kappa shape index (κ2) is 7.61. The normalized spacial score (nSPS) is 12.8. The molecule has 0 heterocycles. The highest BCUT2D eigenvalue weighted by Gasteiger charge is 2.20. The maximum atomic E-state index is 11.5. The molecule has 0 bridgehead atoms. The molecule has 0 aliphatic rings. The molecule has 1 amide bonds. The fraction of sp³-hybridized carbons (Fsp3) is 0.700. The van der Waals surface area contributed by atoms with Gasteiger partial charge >= 0.3 is 0 Å². The topological polar surface area (TPSA) is 114 Å². The molecule has 0 aromatic rings. The molecule has 0 fully saturated rings. The maximum absolute atomic E-state index is 11.5. The lowest BCUT2D eigenvalue weighted by Crippen LogP contribution is -2.44. The van der Waals surface area contributed by atoms with Gasteiger partial charge in [0.15, 0.2) is 5.78 Å². The molecule has 0 saturated heterocycles. The predicted octanol–water partition coefficient (Wildman–Crippen LogP) is -0.816. The van der Waals surface area contributed by atoms with Gasteiger partial charge in [-0.1, -0.05) is 13.8 Å². The van der Waals surface area contributed by atoms with Crippen LogP contribution in [0.1, 0.15) is 27.2 Å². The first-order chi connectivity index (χ1) is 7.88. The van der Waals surface area contributed by atoms with Crippen molar-refractivity contribution >= 4 is 18.0 Å². The third kappa shape index (κ3) is 6.52. The van der Waals surface area contributed by atoms with E-state index in [2.05, 4.69) is 10.4 Å². The Morgan fingerprint density at radius 3 is 2.47 bits per heavy atom. The van der Waals surface area contributed by atoms with Crippen molar-refractivity contribution in [3.05, 3.63) is 0 Å². The van der Waals surface area contributed by atoms with E-state index in [0.717, 1.165) is 0 Å². The number of ketones is 1. The summed E-state index contributed by atoms with van der Waals surface area (Å²) >= 11 is 0. The van der Waals surface area contributed by atoms with Crippen molar-refractivity contribution in [3.63, 3.8) is 0 Å². The molecule has 0 radical (unpaired) electrons. The van der Waals surface area contributed by atoms with Crippen LogP contribution < -0.4 is 17.0 Å². The van der Waals surface area contributed by atoms with E-state index >= 15 is 0 Å². The summed E-state index contributed by atoms with van der Waals surface area (Å²) in [5.74, 6) is 10.1. The molecule has 0 aromatic carbocycles. The van der Waals surface area contributed by atoms with Gasteiger partial charge in [-0.25, -0.2) is 5.84 Å². The molecule has 7 heteroatoms. The molecule has 0 aromatic heterocycles. The highest BCUT2D eigenvalue weighted by Crippen LogP contribution is 2.02. The van der Waals surface area contributed by atoms with Gasteiger partial charge in [0.2, 0.25) is 5.91 Å². The molecule has 7 nitrogen and oxygen atoms in total. The number of nitrogens with zero attached hydrogens (tertiary/aromatic N) is 2. The first-order valence-corrected chi connectivity index (χ1v) is 5.43. The van der Waals surface area contributed by atoms with E-state index in [0.29, 0.717) is 0 Å². The second-order valence-electron chi connectivity index (χ2n) is 4.15. The van der Waals surface area contributed by atoms with Crippen molar-refractivity contribution in [1.82, 2.24) is 10.3 Å². The van der Waals surface area contributed by atoms with Crippen LogP contribution in [-0.4, -0.2) is 35.6 Å². The third-order valence-corrected chi connectivity index (χ3v) is 2.23. The summed E-state index contributed by atoms with van der Waals surface area (Å²) in [4.78, 5) is 22.8. The van der Waals surface area contributed by atoms with E-state index in [-0.39, 0.29) is 30.6 Å². The molecule has 0 aliphatic heterocycles. The highest BCUT2D eigenvalue weighted by atomic mass is 16.2. The van der Waals surface area contributed by atoms with Crippen LogP contribution >= 0.6 is 0 Å². The van der Waals surface area contributed by atoms with Gasteiger partial charge in [-0.2, -0.15) is 5.10 Å². The summed E-state index contributed by atoms with van der Waals surface area (Å²) in [6.45, 7) is 5.50. The van der Waals surface area contributed by atoms with E-state index in [1.54, 1.807) is 0 Å². The van der Waals surface area contributed by atoms with Gasteiger partial charge in [0.1, 0.15) is 6.34 Å². The first-order valence-electron chi connectivity index (χ1n) is 5.43. The zero-order valence-electron chi connectivity index (χ0n) is 10.5. The average molecular weight is 243 g/mol. The molecule has 17 heavy (non-hydrogen) atoms. The Balaban J connectivity index is 4.12. The highest BCUT2D eigenvalue weighted by molar-refractivity contribution is 5.87. The summed E-state index contributed by atoms with van der Waals surface area (Å²) in [7, 11) is 0. The lowest BCUT2D eigenvalue weighted by Gasteiger charge is -2.20. The summed E-state index contributed by atoms with van der Waals surface area (Å²) in [6, 6.07) is -0.447. The van der Waals surface area contributed by atoms with Gasteiger partial charge in [0.05, 0.1) is 6.04 Å². The van der Waals surface area contributed by atoms with Crippen LogP contribution in [0.4, 0.5) is 0 Å². The van der Waals surface area contributed by atoms with Crippen molar-refractivity contribution in [2.45, 2.75) is 33.2 Å². The zero-order chi connectivity index (χ0) is 13.4. The monoisotopic (exact) mass is 243 g/mol. The minimum absolute atomic E-state index is 0.0542. The van der Waals surface area contributed by atoms with Crippen molar-refractivity contribution in [2.75, 3.05) is 6.54 Å². The number of Topliss-reactive ketones (excluding diaryl/α,β-unsaturated/α-hetero) is 1. The number of rotatable bonds is 7. The zero-order valence-corrected chi connectivity index (χ0v) is 10.5. The Kier molecular flexibility index (Phi) is 6.88. The lowest BCUT2D eigenvalue weighted by molar-refractivity contribution is -0.127. The van der Waals surface area contributed by atoms with E-state index in [1.807, 2.05) is 13.8 Å². The van der Waals surface area contributed by atoms with Crippen LogP contribution in [0.15, 0.2) is 5.10 Å². The number of nitrogens with one attached hydrogen (secondary N) is 1. The van der Waals surface area contributed by atoms with Crippen molar-refractivity contribution in [2.24, 2.45) is 22.7 Å². The number of carbonyl (C=O) groups excluding carboxylic acids is 2. The minimum Gasteiger partial charge on any atom is -0.346 e. The third-order valence-electron chi connectivity index (χ3n) is 2.23. The Labute approximate surface area is 101 Å². The second-order valence-corrected chi connectivity index (χ2v) is 4.15. The Hall–Kier alpha value is -1.63. The number of hydrazine groups is 1. The molecule has 5 N–H and O–H groups in total. The number of hydrogen-bond acceptors (Lipinski definition) is 5. The predicted molar refractivity (Wildman–Crippen MR) is 65.6 cm³/mol. The van der Waals surface area contributed by atoms with Crippen LogP contribution in [0.25, 0.3) is 0 Å². The summed E-state index contributed by atoms with van der Waals surface area (Å²) < 4.78 is 0. The van der Waals surface area contributed by atoms with Gasteiger partial charge in [-0.05, 0) is 12.8 Å². The molecule has 0 rings (SSSR count). The Morgan fingerprint density at radius 2 is 2.06 bits per heavy atom. The molecule has 1 unspecified atom stereocenters. The average Bonchev–Trinajstić information content (AvgIpc) is 2.22. The van der Waals surface area contributed by atoms with Crippen molar-refractivity contribution in [3.8, 4) is 0 Å². The Bertz CT molecular complexity index is 290. The fourth-order valence-corrected chi connectivity index (χ4v) is 1.36.